The average Bonchev–Trinajstić information content (AvgIpc) is 2.60. The van der Waals surface area contributed by atoms with Crippen LogP contribution in [0, 0.1) is 5.92 Å². The van der Waals surface area contributed by atoms with Crippen LogP contribution in [0.15, 0.2) is 0 Å². The van der Waals surface area contributed by atoms with Gasteiger partial charge in [-0.25, -0.2) is 4.79 Å². The van der Waals surface area contributed by atoms with Crippen molar-refractivity contribution in [2.24, 2.45) is 11.7 Å². The molecule has 4 nitrogen and oxygen atoms in total. The number of likely N-dealkylation sites (tertiary alicyclic amines) is 1. The van der Waals surface area contributed by atoms with E-state index >= 15 is 0 Å². The minimum Gasteiger partial charge on any atom is -0.444 e. The van der Waals surface area contributed by atoms with Crippen LogP contribution in [0.5, 0.6) is 0 Å². The quantitative estimate of drug-likeness (QED) is 0.826. The molecule has 0 saturated carbocycles. The highest BCUT2D eigenvalue weighted by Crippen LogP contribution is 2.23. The maximum absolute atomic E-state index is 11.8. The Balaban J connectivity index is 2.32. The smallest absolute Gasteiger partial charge is 0.410 e. The van der Waals surface area contributed by atoms with Crippen LogP contribution in [0.4, 0.5) is 4.79 Å². The van der Waals surface area contributed by atoms with Crippen LogP contribution in [0.1, 0.15) is 47.0 Å². The van der Waals surface area contributed by atoms with Gasteiger partial charge in [0.15, 0.2) is 0 Å². The summed E-state index contributed by atoms with van der Waals surface area (Å²) in [6.45, 7) is 9.36. The molecule has 1 heterocycles. The predicted molar refractivity (Wildman–Crippen MR) is 68.8 cm³/mol. The average molecular weight is 242 g/mol. The molecule has 1 aliphatic rings. The summed E-state index contributed by atoms with van der Waals surface area (Å²) in [5.74, 6) is 0.591. The first-order valence-electron chi connectivity index (χ1n) is 6.51. The highest BCUT2D eigenvalue weighted by Gasteiger charge is 2.29. The van der Waals surface area contributed by atoms with E-state index in [1.165, 1.54) is 0 Å². The summed E-state index contributed by atoms with van der Waals surface area (Å²) in [5.41, 5.74) is 5.34. The number of carbonyl (C=O) groups excluding carboxylic acids is 1. The lowest BCUT2D eigenvalue weighted by atomic mass is 10.0. The van der Waals surface area contributed by atoms with Crippen molar-refractivity contribution in [1.82, 2.24) is 4.90 Å². The standard InChI is InChI=1S/C13H26N2O2/c1-10(14)5-6-11-7-8-15(9-11)12(16)17-13(2,3)4/h10-11H,5-9,14H2,1-4H3. The monoisotopic (exact) mass is 242 g/mol. The van der Waals surface area contributed by atoms with E-state index in [0.29, 0.717) is 5.92 Å². The lowest BCUT2D eigenvalue weighted by Gasteiger charge is -2.24. The van der Waals surface area contributed by atoms with Gasteiger partial charge >= 0.3 is 6.09 Å². The molecule has 0 radical (unpaired) electrons. The lowest BCUT2D eigenvalue weighted by molar-refractivity contribution is 0.0287. The normalized spacial score (nSPS) is 22.6. The molecule has 1 aliphatic heterocycles. The Labute approximate surface area is 104 Å². The Morgan fingerprint density at radius 1 is 1.53 bits per heavy atom. The fraction of sp³-hybridized carbons (Fsp3) is 0.923. The Morgan fingerprint density at radius 3 is 2.71 bits per heavy atom. The molecule has 0 aromatic rings. The summed E-state index contributed by atoms with van der Waals surface area (Å²) in [5, 5.41) is 0. The van der Waals surface area contributed by atoms with Crippen molar-refractivity contribution in [3.8, 4) is 0 Å². The summed E-state index contributed by atoms with van der Waals surface area (Å²) in [4.78, 5) is 13.6. The fourth-order valence-electron chi connectivity index (χ4n) is 2.06. The third kappa shape index (κ3) is 5.39. The maximum Gasteiger partial charge on any atom is 0.410 e. The summed E-state index contributed by atoms with van der Waals surface area (Å²) in [7, 11) is 0. The third-order valence-electron chi connectivity index (χ3n) is 2.97. The number of nitrogens with two attached hydrogens (primary N) is 1. The predicted octanol–water partition coefficient (Wildman–Crippen LogP) is 2.37. The molecule has 2 atom stereocenters. The van der Waals surface area contributed by atoms with Crippen LogP contribution in [-0.2, 0) is 4.74 Å². The molecule has 0 aromatic carbocycles. The van der Waals surface area contributed by atoms with Gasteiger partial charge in [-0.1, -0.05) is 0 Å². The first kappa shape index (κ1) is 14.3. The number of hydrogen-bond acceptors (Lipinski definition) is 3. The number of hydrogen-bond donors (Lipinski definition) is 1. The first-order chi connectivity index (χ1) is 7.78. The maximum atomic E-state index is 11.8. The van der Waals surface area contributed by atoms with E-state index in [4.69, 9.17) is 10.5 Å². The zero-order valence-corrected chi connectivity index (χ0v) is 11.5. The van der Waals surface area contributed by atoms with E-state index in [-0.39, 0.29) is 12.1 Å². The minimum absolute atomic E-state index is 0.180. The number of rotatable bonds is 3. The molecule has 17 heavy (non-hydrogen) atoms. The number of amides is 1. The second-order valence-corrected chi connectivity index (χ2v) is 6.14. The number of nitrogens with zero attached hydrogens (tertiary/aromatic N) is 1. The largest absolute Gasteiger partial charge is 0.444 e. The van der Waals surface area contributed by atoms with Gasteiger partial charge in [0.2, 0.25) is 0 Å². The zero-order valence-electron chi connectivity index (χ0n) is 11.5. The van der Waals surface area contributed by atoms with Crippen LogP contribution in [0.2, 0.25) is 0 Å². The van der Waals surface area contributed by atoms with Crippen molar-refractivity contribution >= 4 is 6.09 Å². The Morgan fingerprint density at radius 2 is 2.18 bits per heavy atom. The van der Waals surface area contributed by atoms with Gasteiger partial charge in [-0.05, 0) is 52.9 Å². The van der Waals surface area contributed by atoms with E-state index in [9.17, 15) is 4.79 Å². The van der Waals surface area contributed by atoms with Crippen molar-refractivity contribution in [1.29, 1.82) is 0 Å². The van der Waals surface area contributed by atoms with Gasteiger partial charge < -0.3 is 15.4 Å². The molecular formula is C13H26N2O2. The van der Waals surface area contributed by atoms with E-state index < -0.39 is 5.60 Å². The van der Waals surface area contributed by atoms with E-state index in [1.807, 2.05) is 32.6 Å². The molecule has 0 aromatic heterocycles. The Kier molecular flexibility index (Phi) is 4.80. The topological polar surface area (TPSA) is 55.6 Å². The van der Waals surface area contributed by atoms with Crippen molar-refractivity contribution in [3.05, 3.63) is 0 Å². The summed E-state index contributed by atoms with van der Waals surface area (Å²) < 4.78 is 5.36. The SMILES string of the molecule is CC(N)CCC1CCN(C(=O)OC(C)(C)C)C1. The molecular weight excluding hydrogens is 216 g/mol. The molecule has 2 N–H and O–H groups in total. The van der Waals surface area contributed by atoms with Gasteiger partial charge in [0, 0.05) is 19.1 Å². The fourth-order valence-corrected chi connectivity index (χ4v) is 2.06. The van der Waals surface area contributed by atoms with Crippen molar-refractivity contribution in [3.63, 3.8) is 0 Å². The van der Waals surface area contributed by atoms with Gasteiger partial charge in [0.1, 0.15) is 5.60 Å². The molecule has 0 bridgehead atoms. The zero-order chi connectivity index (χ0) is 13.1. The number of ether oxygens (including phenoxy) is 1. The second kappa shape index (κ2) is 5.71. The summed E-state index contributed by atoms with van der Waals surface area (Å²) in [6, 6.07) is 0.255. The second-order valence-electron chi connectivity index (χ2n) is 6.14. The van der Waals surface area contributed by atoms with Crippen molar-refractivity contribution in [2.75, 3.05) is 13.1 Å². The van der Waals surface area contributed by atoms with Crippen LogP contribution in [-0.4, -0.2) is 35.7 Å². The molecule has 1 saturated heterocycles. The van der Waals surface area contributed by atoms with Gasteiger partial charge in [-0.2, -0.15) is 0 Å². The highest BCUT2D eigenvalue weighted by atomic mass is 16.6. The molecule has 0 aliphatic carbocycles. The third-order valence-corrected chi connectivity index (χ3v) is 2.97. The molecule has 100 valence electrons. The van der Waals surface area contributed by atoms with Gasteiger partial charge in [-0.3, -0.25) is 0 Å². The molecule has 4 heteroatoms. The van der Waals surface area contributed by atoms with Gasteiger partial charge in [-0.15, -0.1) is 0 Å². The Hall–Kier alpha value is -0.770. The molecule has 0 spiro atoms. The van der Waals surface area contributed by atoms with Crippen LogP contribution < -0.4 is 5.73 Å². The highest BCUT2D eigenvalue weighted by molar-refractivity contribution is 5.68. The Bertz CT molecular complexity index is 259. The van der Waals surface area contributed by atoms with Crippen molar-refractivity contribution in [2.45, 2.75) is 58.6 Å². The molecule has 1 amide bonds. The molecule has 2 unspecified atom stereocenters. The first-order valence-corrected chi connectivity index (χ1v) is 6.51. The molecule has 1 fully saturated rings. The van der Waals surface area contributed by atoms with Crippen LogP contribution >= 0.6 is 0 Å². The summed E-state index contributed by atoms with van der Waals surface area (Å²) >= 11 is 0. The van der Waals surface area contributed by atoms with E-state index in [0.717, 1.165) is 32.4 Å². The van der Waals surface area contributed by atoms with Gasteiger partial charge in [0.05, 0.1) is 0 Å². The number of carbonyl (C=O) groups is 1. The van der Waals surface area contributed by atoms with Gasteiger partial charge in [0.25, 0.3) is 0 Å². The van der Waals surface area contributed by atoms with E-state index in [1.54, 1.807) is 0 Å². The minimum atomic E-state index is -0.402. The van der Waals surface area contributed by atoms with Crippen molar-refractivity contribution < 1.29 is 9.53 Å². The van der Waals surface area contributed by atoms with Crippen LogP contribution in [0.25, 0.3) is 0 Å². The summed E-state index contributed by atoms with van der Waals surface area (Å²) in [6.07, 6.45) is 3.04. The van der Waals surface area contributed by atoms with E-state index in [2.05, 4.69) is 0 Å². The van der Waals surface area contributed by atoms with Crippen LogP contribution in [0.3, 0.4) is 0 Å². The molecule has 1 rings (SSSR count). The lowest BCUT2D eigenvalue weighted by Crippen LogP contribution is -2.35.